The van der Waals surface area contributed by atoms with E-state index in [0.717, 1.165) is 11.1 Å². The Balaban J connectivity index is 1.78. The third-order valence-corrected chi connectivity index (χ3v) is 4.10. The van der Waals surface area contributed by atoms with Crippen molar-refractivity contribution in [2.75, 3.05) is 6.26 Å². The van der Waals surface area contributed by atoms with Crippen LogP contribution in [0.2, 0.25) is 0 Å². The summed E-state index contributed by atoms with van der Waals surface area (Å²) in [6, 6.07) is 6.67. The van der Waals surface area contributed by atoms with Crippen LogP contribution < -0.4 is 0 Å². The first-order chi connectivity index (χ1) is 11.3. The fraction of sp³-hybridized carbons (Fsp3) is 0.267. The van der Waals surface area contributed by atoms with E-state index in [9.17, 15) is 18.3 Å². The van der Waals surface area contributed by atoms with Gasteiger partial charge in [0.25, 0.3) is 0 Å². The molecule has 0 bridgehead atoms. The lowest BCUT2D eigenvalue weighted by Gasteiger charge is -2.22. The van der Waals surface area contributed by atoms with E-state index in [1.807, 2.05) is 6.26 Å². The first-order valence-electron chi connectivity index (χ1n) is 6.83. The van der Waals surface area contributed by atoms with Crippen LogP contribution in [0.5, 0.6) is 0 Å². The zero-order valence-electron chi connectivity index (χ0n) is 12.4. The van der Waals surface area contributed by atoms with Gasteiger partial charge >= 0.3 is 12.0 Å². The molecule has 1 unspecified atom stereocenters. The van der Waals surface area contributed by atoms with Gasteiger partial charge in [0.05, 0.1) is 12.1 Å². The number of alkyl halides is 3. The SMILES string of the molecule is CSc1ncc(-c2ccc(C3=NOC(O)(C(F)(F)F)C3)cc2)cn1. The van der Waals surface area contributed by atoms with Gasteiger partial charge in [0.1, 0.15) is 0 Å². The minimum absolute atomic E-state index is 0.0374. The van der Waals surface area contributed by atoms with E-state index >= 15 is 0 Å². The molecule has 1 N–H and O–H groups in total. The van der Waals surface area contributed by atoms with E-state index in [1.165, 1.54) is 11.8 Å². The molecule has 1 aliphatic heterocycles. The van der Waals surface area contributed by atoms with E-state index in [4.69, 9.17) is 0 Å². The number of benzene rings is 1. The molecule has 1 aromatic heterocycles. The number of oxime groups is 1. The predicted octanol–water partition coefficient (Wildman–Crippen LogP) is 3.24. The number of nitrogens with zero attached hydrogens (tertiary/aromatic N) is 3. The van der Waals surface area contributed by atoms with Crippen LogP contribution in [0, 0.1) is 0 Å². The van der Waals surface area contributed by atoms with E-state index in [2.05, 4.69) is 20.0 Å². The van der Waals surface area contributed by atoms with Gasteiger partial charge in [0, 0.05) is 18.0 Å². The van der Waals surface area contributed by atoms with Gasteiger partial charge in [-0.05, 0) is 17.4 Å². The van der Waals surface area contributed by atoms with Gasteiger partial charge in [-0.3, -0.25) is 0 Å². The number of aliphatic hydroxyl groups is 1. The molecule has 1 aromatic carbocycles. The van der Waals surface area contributed by atoms with Crippen molar-refractivity contribution in [3.05, 3.63) is 42.2 Å². The molecule has 0 amide bonds. The third-order valence-electron chi connectivity index (χ3n) is 3.52. The summed E-state index contributed by atoms with van der Waals surface area (Å²) < 4.78 is 38.2. The van der Waals surface area contributed by atoms with Gasteiger partial charge < -0.3 is 9.94 Å². The monoisotopic (exact) mass is 355 g/mol. The van der Waals surface area contributed by atoms with Crippen molar-refractivity contribution in [2.45, 2.75) is 23.5 Å². The summed E-state index contributed by atoms with van der Waals surface area (Å²) >= 11 is 1.43. The topological polar surface area (TPSA) is 67.6 Å². The highest BCUT2D eigenvalue weighted by Gasteiger charge is 2.60. The summed E-state index contributed by atoms with van der Waals surface area (Å²) in [6.07, 6.45) is -0.439. The highest BCUT2D eigenvalue weighted by Crippen LogP contribution is 2.39. The summed E-state index contributed by atoms with van der Waals surface area (Å²) in [7, 11) is 0. The highest BCUT2D eigenvalue weighted by atomic mass is 32.2. The first kappa shape index (κ1) is 16.7. The van der Waals surface area contributed by atoms with Crippen LogP contribution in [0.3, 0.4) is 0 Å². The van der Waals surface area contributed by atoms with Crippen LogP contribution in [0.15, 0.2) is 47.0 Å². The standard InChI is InChI=1S/C15H12F3N3O2S/c1-24-13-19-7-11(8-20-13)9-2-4-10(5-3-9)12-6-14(22,23-21-12)15(16,17)18/h2-5,7-8,22H,6H2,1H3. The quantitative estimate of drug-likeness (QED) is 0.676. The van der Waals surface area contributed by atoms with Crippen molar-refractivity contribution in [1.82, 2.24) is 9.97 Å². The fourth-order valence-corrected chi connectivity index (χ4v) is 2.47. The van der Waals surface area contributed by atoms with E-state index < -0.39 is 18.4 Å². The van der Waals surface area contributed by atoms with Crippen LogP contribution in [-0.4, -0.2) is 39.0 Å². The van der Waals surface area contributed by atoms with Gasteiger partial charge in [-0.15, -0.1) is 0 Å². The number of thioether (sulfide) groups is 1. The van der Waals surface area contributed by atoms with Gasteiger partial charge in [0.2, 0.25) is 0 Å². The molecule has 0 spiro atoms. The average Bonchev–Trinajstić information content (AvgIpc) is 2.99. The summed E-state index contributed by atoms with van der Waals surface area (Å²) in [5, 5.41) is 13.5. The van der Waals surface area contributed by atoms with Crippen LogP contribution in [-0.2, 0) is 4.84 Å². The number of rotatable bonds is 3. The molecule has 126 valence electrons. The Labute approximate surface area is 139 Å². The Morgan fingerprint density at radius 1 is 1.08 bits per heavy atom. The maximum absolute atomic E-state index is 12.7. The first-order valence-corrected chi connectivity index (χ1v) is 8.06. The normalized spacial score (nSPS) is 20.6. The molecule has 24 heavy (non-hydrogen) atoms. The zero-order valence-corrected chi connectivity index (χ0v) is 13.2. The number of hydrogen-bond donors (Lipinski definition) is 1. The maximum Gasteiger partial charge on any atom is 0.458 e. The molecule has 2 heterocycles. The fourth-order valence-electron chi connectivity index (χ4n) is 2.15. The third kappa shape index (κ3) is 3.09. The molecule has 0 aliphatic carbocycles. The molecule has 2 aromatic rings. The second-order valence-corrected chi connectivity index (χ2v) is 5.90. The van der Waals surface area contributed by atoms with E-state index in [1.54, 1.807) is 36.7 Å². The van der Waals surface area contributed by atoms with Crippen molar-refractivity contribution in [3.8, 4) is 11.1 Å². The molecule has 0 saturated carbocycles. The summed E-state index contributed by atoms with van der Waals surface area (Å²) in [5.74, 6) is -3.26. The Kier molecular flexibility index (Phi) is 4.22. The lowest BCUT2D eigenvalue weighted by atomic mass is 10.00. The van der Waals surface area contributed by atoms with Gasteiger partial charge in [-0.1, -0.05) is 41.2 Å². The number of halogens is 3. The Hall–Kier alpha value is -2.13. The molecular formula is C15H12F3N3O2S. The number of aromatic nitrogens is 2. The largest absolute Gasteiger partial charge is 0.458 e. The minimum atomic E-state index is -4.91. The van der Waals surface area contributed by atoms with Crippen LogP contribution in [0.25, 0.3) is 11.1 Å². The molecule has 1 aliphatic rings. The Morgan fingerprint density at radius 3 is 2.17 bits per heavy atom. The van der Waals surface area contributed by atoms with Crippen molar-refractivity contribution < 1.29 is 23.1 Å². The van der Waals surface area contributed by atoms with Crippen LogP contribution in [0.1, 0.15) is 12.0 Å². The van der Waals surface area contributed by atoms with Gasteiger partial charge in [0.15, 0.2) is 5.16 Å². The van der Waals surface area contributed by atoms with Crippen LogP contribution >= 0.6 is 11.8 Å². The lowest BCUT2D eigenvalue weighted by Crippen LogP contribution is -2.45. The molecule has 9 heteroatoms. The van der Waals surface area contributed by atoms with Crippen molar-refractivity contribution in [2.24, 2.45) is 5.16 Å². The number of hydrogen-bond acceptors (Lipinski definition) is 6. The maximum atomic E-state index is 12.7. The summed E-state index contributed by atoms with van der Waals surface area (Å²) in [6.45, 7) is 0. The second-order valence-electron chi connectivity index (χ2n) is 5.12. The van der Waals surface area contributed by atoms with Crippen molar-refractivity contribution >= 4 is 17.5 Å². The lowest BCUT2D eigenvalue weighted by molar-refractivity contribution is -0.355. The molecule has 0 saturated heterocycles. The molecular weight excluding hydrogens is 343 g/mol. The van der Waals surface area contributed by atoms with Crippen molar-refractivity contribution in [3.63, 3.8) is 0 Å². The smallest absolute Gasteiger partial charge is 0.350 e. The zero-order chi connectivity index (χ0) is 17.4. The van der Waals surface area contributed by atoms with Crippen molar-refractivity contribution in [1.29, 1.82) is 0 Å². The summed E-state index contributed by atoms with van der Waals surface area (Å²) in [4.78, 5) is 12.5. The van der Waals surface area contributed by atoms with E-state index in [0.29, 0.717) is 10.7 Å². The average molecular weight is 355 g/mol. The molecule has 0 fully saturated rings. The van der Waals surface area contributed by atoms with Gasteiger partial charge in [-0.2, -0.15) is 13.2 Å². The molecule has 5 nitrogen and oxygen atoms in total. The second kappa shape index (κ2) is 6.06. The predicted molar refractivity (Wildman–Crippen MR) is 82.5 cm³/mol. The highest BCUT2D eigenvalue weighted by molar-refractivity contribution is 7.98. The van der Waals surface area contributed by atoms with Gasteiger partial charge in [-0.25, -0.2) is 9.97 Å². The van der Waals surface area contributed by atoms with E-state index in [-0.39, 0.29) is 5.71 Å². The molecule has 1 atom stereocenters. The summed E-state index contributed by atoms with van der Waals surface area (Å²) in [5.41, 5.74) is 2.09. The Bertz CT molecular complexity index is 763. The minimum Gasteiger partial charge on any atom is -0.350 e. The molecule has 3 rings (SSSR count). The molecule has 0 radical (unpaired) electrons. The van der Waals surface area contributed by atoms with Crippen LogP contribution in [0.4, 0.5) is 13.2 Å². The Morgan fingerprint density at radius 2 is 1.67 bits per heavy atom.